The number of carbonyl (C=O) groups excluding carboxylic acids is 2. The molecule has 1 N–H and O–H groups in total. The van der Waals surface area contributed by atoms with Crippen molar-refractivity contribution in [2.75, 3.05) is 10.2 Å². The molecule has 0 spiro atoms. The van der Waals surface area contributed by atoms with E-state index >= 15 is 0 Å². The van der Waals surface area contributed by atoms with Crippen LogP contribution in [0.4, 0.5) is 11.4 Å². The SMILES string of the molecule is CC1(C)CC(=O)C2=C(C1)Nc1ccccc1N(C(=O)Cc1ccccc1)C2c1ccc(Cl)cc1Cl. The van der Waals surface area contributed by atoms with E-state index in [9.17, 15) is 9.59 Å². The van der Waals surface area contributed by atoms with E-state index in [2.05, 4.69) is 19.2 Å². The van der Waals surface area contributed by atoms with Crippen molar-refractivity contribution in [2.45, 2.75) is 39.2 Å². The lowest BCUT2D eigenvalue weighted by molar-refractivity contribution is -0.119. The molecule has 0 aromatic heterocycles. The van der Waals surface area contributed by atoms with E-state index in [0.717, 1.165) is 16.9 Å². The molecule has 3 aromatic rings. The predicted octanol–water partition coefficient (Wildman–Crippen LogP) is 7.38. The van der Waals surface area contributed by atoms with Crippen molar-refractivity contribution in [3.63, 3.8) is 0 Å². The van der Waals surface area contributed by atoms with Crippen molar-refractivity contribution >= 4 is 46.3 Å². The van der Waals surface area contributed by atoms with Gasteiger partial charge in [0, 0.05) is 27.7 Å². The van der Waals surface area contributed by atoms with Gasteiger partial charge in [-0.1, -0.05) is 85.6 Å². The highest BCUT2D eigenvalue weighted by molar-refractivity contribution is 6.35. The third-order valence-corrected chi connectivity index (χ3v) is 7.19. The third-order valence-electron chi connectivity index (χ3n) is 6.62. The van der Waals surface area contributed by atoms with Gasteiger partial charge in [-0.15, -0.1) is 0 Å². The molecule has 1 aliphatic heterocycles. The second-order valence-corrected chi connectivity index (χ2v) is 10.8. The van der Waals surface area contributed by atoms with Gasteiger partial charge in [0.2, 0.25) is 5.91 Å². The minimum absolute atomic E-state index is 0.0186. The zero-order valence-corrected chi connectivity index (χ0v) is 21.2. The summed E-state index contributed by atoms with van der Waals surface area (Å²) in [4.78, 5) is 29.5. The Morgan fingerprint density at radius 1 is 1.00 bits per heavy atom. The average molecular weight is 505 g/mol. The summed E-state index contributed by atoms with van der Waals surface area (Å²) in [5.41, 5.74) is 4.31. The average Bonchev–Trinajstić information content (AvgIpc) is 2.93. The molecule has 0 saturated heterocycles. The summed E-state index contributed by atoms with van der Waals surface area (Å²) in [5.74, 6) is -0.0991. The highest BCUT2D eigenvalue weighted by atomic mass is 35.5. The summed E-state index contributed by atoms with van der Waals surface area (Å²) >= 11 is 13.0. The van der Waals surface area contributed by atoms with Gasteiger partial charge in [0.15, 0.2) is 5.78 Å². The summed E-state index contributed by atoms with van der Waals surface area (Å²) in [6.07, 6.45) is 1.27. The fraction of sp³-hybridized carbons (Fsp3) is 0.241. The second-order valence-electron chi connectivity index (χ2n) is 9.97. The number of para-hydroxylation sites is 2. The largest absolute Gasteiger partial charge is 0.357 e. The van der Waals surface area contributed by atoms with Gasteiger partial charge in [-0.25, -0.2) is 0 Å². The molecule has 0 fully saturated rings. The lowest BCUT2D eigenvalue weighted by Crippen LogP contribution is -2.40. The van der Waals surface area contributed by atoms with Crippen molar-refractivity contribution in [1.29, 1.82) is 0 Å². The summed E-state index contributed by atoms with van der Waals surface area (Å²) in [5, 5.41) is 4.44. The molecule has 1 atom stereocenters. The van der Waals surface area contributed by atoms with Crippen LogP contribution >= 0.6 is 23.2 Å². The smallest absolute Gasteiger partial charge is 0.232 e. The Labute approximate surface area is 215 Å². The number of nitrogens with one attached hydrogen (secondary N) is 1. The lowest BCUT2D eigenvalue weighted by atomic mass is 9.73. The number of nitrogens with zero attached hydrogens (tertiary/aromatic N) is 1. The third kappa shape index (κ3) is 4.61. The molecule has 35 heavy (non-hydrogen) atoms. The number of halogens is 2. The maximum atomic E-state index is 14.0. The molecule has 1 aliphatic carbocycles. The van der Waals surface area contributed by atoms with Crippen molar-refractivity contribution in [3.8, 4) is 0 Å². The van der Waals surface area contributed by atoms with Crippen LogP contribution in [0.5, 0.6) is 0 Å². The van der Waals surface area contributed by atoms with Crippen molar-refractivity contribution in [1.82, 2.24) is 0 Å². The van der Waals surface area contributed by atoms with Crippen LogP contribution < -0.4 is 10.2 Å². The number of Topliss-reactive ketones (excluding diaryl/α,β-unsaturated/α-hetero) is 1. The van der Waals surface area contributed by atoms with E-state index in [0.29, 0.717) is 39.7 Å². The van der Waals surface area contributed by atoms with Gasteiger partial charge in [-0.05, 0) is 47.2 Å². The first kappa shape index (κ1) is 23.7. The number of anilines is 2. The Hall–Kier alpha value is -3.08. The van der Waals surface area contributed by atoms with Gasteiger partial charge in [0.25, 0.3) is 0 Å². The van der Waals surface area contributed by atoms with Gasteiger partial charge in [0.05, 0.1) is 23.8 Å². The number of carbonyl (C=O) groups is 2. The molecule has 1 heterocycles. The predicted molar refractivity (Wildman–Crippen MR) is 142 cm³/mol. The van der Waals surface area contributed by atoms with Crippen LogP contribution in [-0.4, -0.2) is 11.7 Å². The molecule has 0 saturated carbocycles. The maximum Gasteiger partial charge on any atom is 0.232 e. The number of amides is 1. The summed E-state index contributed by atoms with van der Waals surface area (Å²) in [6, 6.07) is 21.9. The molecule has 3 aromatic carbocycles. The number of ketones is 1. The monoisotopic (exact) mass is 504 g/mol. The van der Waals surface area contributed by atoms with Crippen LogP contribution in [-0.2, 0) is 16.0 Å². The van der Waals surface area contributed by atoms with E-state index in [1.54, 1.807) is 17.0 Å². The molecule has 6 heteroatoms. The van der Waals surface area contributed by atoms with Gasteiger partial charge in [-0.3, -0.25) is 14.5 Å². The number of fused-ring (bicyclic) bond motifs is 1. The Morgan fingerprint density at radius 3 is 2.46 bits per heavy atom. The summed E-state index contributed by atoms with van der Waals surface area (Å²) in [7, 11) is 0. The number of hydrogen-bond acceptors (Lipinski definition) is 3. The molecular weight excluding hydrogens is 479 g/mol. The van der Waals surface area contributed by atoms with E-state index < -0.39 is 6.04 Å². The molecule has 4 nitrogen and oxygen atoms in total. The van der Waals surface area contributed by atoms with Gasteiger partial charge in [-0.2, -0.15) is 0 Å². The fourth-order valence-corrected chi connectivity index (χ4v) is 5.65. The summed E-state index contributed by atoms with van der Waals surface area (Å²) < 4.78 is 0. The second kappa shape index (κ2) is 9.18. The summed E-state index contributed by atoms with van der Waals surface area (Å²) in [6.45, 7) is 4.19. The molecule has 1 amide bonds. The van der Waals surface area contributed by atoms with E-state index in [1.807, 2.05) is 60.7 Å². The van der Waals surface area contributed by atoms with Crippen LogP contribution in [0, 0.1) is 5.41 Å². The number of benzene rings is 3. The Bertz CT molecular complexity index is 1350. The first-order valence-electron chi connectivity index (χ1n) is 11.7. The first-order valence-corrected chi connectivity index (χ1v) is 12.4. The van der Waals surface area contributed by atoms with Crippen molar-refractivity contribution in [3.05, 3.63) is 105 Å². The topological polar surface area (TPSA) is 49.4 Å². The maximum absolute atomic E-state index is 14.0. The zero-order valence-electron chi connectivity index (χ0n) is 19.6. The normalized spacial score (nSPS) is 18.9. The minimum atomic E-state index is -0.675. The minimum Gasteiger partial charge on any atom is -0.357 e. The van der Waals surface area contributed by atoms with Crippen molar-refractivity contribution in [2.24, 2.45) is 5.41 Å². The molecule has 1 unspecified atom stereocenters. The molecule has 178 valence electrons. The highest BCUT2D eigenvalue weighted by Crippen LogP contribution is 2.49. The zero-order chi connectivity index (χ0) is 24.7. The Balaban J connectivity index is 1.75. The Morgan fingerprint density at radius 2 is 1.71 bits per heavy atom. The van der Waals surface area contributed by atoms with Gasteiger partial charge >= 0.3 is 0 Å². The van der Waals surface area contributed by atoms with Crippen LogP contribution in [0.15, 0.2) is 84.1 Å². The van der Waals surface area contributed by atoms with E-state index in [4.69, 9.17) is 23.2 Å². The Kier molecular flexibility index (Phi) is 6.20. The number of hydrogen-bond donors (Lipinski definition) is 1. The first-order chi connectivity index (χ1) is 16.7. The lowest BCUT2D eigenvalue weighted by Gasteiger charge is -2.37. The molecule has 5 rings (SSSR count). The number of allylic oxidation sites excluding steroid dienone is 1. The fourth-order valence-electron chi connectivity index (χ4n) is 5.14. The van der Waals surface area contributed by atoms with Crippen LogP contribution in [0.1, 0.15) is 43.9 Å². The molecular formula is C29H26Cl2N2O2. The van der Waals surface area contributed by atoms with E-state index in [1.165, 1.54) is 0 Å². The molecule has 2 aliphatic rings. The van der Waals surface area contributed by atoms with Gasteiger partial charge < -0.3 is 5.32 Å². The highest BCUT2D eigenvalue weighted by Gasteiger charge is 2.43. The standard InChI is InChI=1S/C29H26Cl2N2O2/c1-29(2)16-23-27(25(34)17-29)28(20-13-12-19(30)15-21(20)31)33(24-11-7-6-10-22(24)32-23)26(35)14-18-8-4-3-5-9-18/h3-13,15,28,32H,14,16-17H2,1-2H3. The van der Waals surface area contributed by atoms with E-state index in [-0.39, 0.29) is 23.5 Å². The number of rotatable bonds is 3. The van der Waals surface area contributed by atoms with Crippen LogP contribution in [0.2, 0.25) is 10.0 Å². The quantitative estimate of drug-likeness (QED) is 0.404. The molecule has 0 bridgehead atoms. The van der Waals surface area contributed by atoms with Crippen LogP contribution in [0.25, 0.3) is 0 Å². The van der Waals surface area contributed by atoms with Gasteiger partial charge in [0.1, 0.15) is 0 Å². The van der Waals surface area contributed by atoms with Crippen LogP contribution in [0.3, 0.4) is 0 Å². The molecule has 0 radical (unpaired) electrons. The van der Waals surface area contributed by atoms with Crippen molar-refractivity contribution < 1.29 is 9.59 Å².